The summed E-state index contributed by atoms with van der Waals surface area (Å²) in [6.07, 6.45) is 0.520. The van der Waals surface area contributed by atoms with Crippen LogP contribution in [0.25, 0.3) is 11.3 Å². The maximum atomic E-state index is 11.6. The zero-order chi connectivity index (χ0) is 16.1. The van der Waals surface area contributed by atoms with Crippen molar-refractivity contribution in [1.29, 1.82) is 0 Å². The number of ether oxygens (including phenoxy) is 3. The van der Waals surface area contributed by atoms with Crippen LogP contribution in [-0.2, 0) is 4.74 Å². The van der Waals surface area contributed by atoms with E-state index in [4.69, 9.17) is 9.47 Å². The van der Waals surface area contributed by atoms with Gasteiger partial charge in [0.15, 0.2) is 6.29 Å². The van der Waals surface area contributed by atoms with Crippen LogP contribution < -0.4 is 9.47 Å². The van der Waals surface area contributed by atoms with Crippen molar-refractivity contribution in [2.75, 3.05) is 21.3 Å². The molecule has 6 heteroatoms. The van der Waals surface area contributed by atoms with Crippen molar-refractivity contribution in [1.82, 2.24) is 4.98 Å². The number of aromatic nitrogens is 1. The highest BCUT2D eigenvalue weighted by molar-refractivity contribution is 5.97. The summed E-state index contributed by atoms with van der Waals surface area (Å²) in [5.41, 5.74) is 1.33. The SMILES string of the molecule is COC(=O)c1ccc(-c2ccc(OC)cc2OC)nc1C=O. The predicted molar refractivity (Wildman–Crippen MR) is 79.5 cm³/mol. The van der Waals surface area contributed by atoms with E-state index in [1.165, 1.54) is 20.3 Å². The van der Waals surface area contributed by atoms with Crippen molar-refractivity contribution in [2.24, 2.45) is 0 Å². The molecule has 1 heterocycles. The molecule has 0 aliphatic heterocycles. The first-order valence-electron chi connectivity index (χ1n) is 6.41. The van der Waals surface area contributed by atoms with Crippen LogP contribution in [0.15, 0.2) is 30.3 Å². The molecule has 0 N–H and O–H groups in total. The standard InChI is InChI=1S/C16H15NO5/c1-20-10-4-5-11(15(8-10)21-2)13-7-6-12(16(19)22-3)14(9-18)17-13/h4-9H,1-3H3. The van der Waals surface area contributed by atoms with Gasteiger partial charge in [0.05, 0.1) is 32.6 Å². The number of aldehydes is 1. The van der Waals surface area contributed by atoms with Gasteiger partial charge in [-0.25, -0.2) is 9.78 Å². The Hall–Kier alpha value is -2.89. The number of carbonyl (C=O) groups is 2. The minimum atomic E-state index is -0.608. The molecule has 0 saturated heterocycles. The Balaban J connectivity index is 2.54. The molecule has 1 aromatic heterocycles. The fraction of sp³-hybridized carbons (Fsp3) is 0.188. The third kappa shape index (κ3) is 2.90. The number of methoxy groups -OCH3 is 3. The van der Waals surface area contributed by atoms with E-state index >= 15 is 0 Å². The normalized spacial score (nSPS) is 9.95. The summed E-state index contributed by atoms with van der Waals surface area (Å²) in [6.45, 7) is 0. The second-order valence-corrected chi connectivity index (χ2v) is 4.30. The fourth-order valence-corrected chi connectivity index (χ4v) is 2.01. The molecule has 0 aliphatic rings. The number of nitrogens with zero attached hydrogens (tertiary/aromatic N) is 1. The van der Waals surface area contributed by atoms with Gasteiger partial charge in [0.25, 0.3) is 0 Å². The van der Waals surface area contributed by atoms with Gasteiger partial charge in [0, 0.05) is 11.6 Å². The van der Waals surface area contributed by atoms with Gasteiger partial charge in [-0.15, -0.1) is 0 Å². The van der Waals surface area contributed by atoms with Gasteiger partial charge in [-0.2, -0.15) is 0 Å². The van der Waals surface area contributed by atoms with Crippen molar-refractivity contribution in [3.05, 3.63) is 41.6 Å². The van der Waals surface area contributed by atoms with Gasteiger partial charge < -0.3 is 14.2 Å². The van der Waals surface area contributed by atoms with E-state index in [1.54, 1.807) is 31.4 Å². The lowest BCUT2D eigenvalue weighted by Gasteiger charge is -2.11. The first kappa shape index (κ1) is 15.5. The van der Waals surface area contributed by atoms with E-state index in [1.807, 2.05) is 0 Å². The average molecular weight is 301 g/mol. The quantitative estimate of drug-likeness (QED) is 0.623. The first-order valence-corrected chi connectivity index (χ1v) is 6.41. The van der Waals surface area contributed by atoms with Crippen molar-refractivity contribution in [3.8, 4) is 22.8 Å². The number of rotatable bonds is 5. The number of hydrogen-bond acceptors (Lipinski definition) is 6. The lowest BCUT2D eigenvalue weighted by atomic mass is 10.1. The first-order chi connectivity index (χ1) is 10.6. The molecular weight excluding hydrogens is 286 g/mol. The Kier molecular flexibility index (Phi) is 4.73. The molecule has 0 aliphatic carbocycles. The van der Waals surface area contributed by atoms with Crippen molar-refractivity contribution in [3.63, 3.8) is 0 Å². The number of carbonyl (C=O) groups excluding carboxylic acids is 2. The molecule has 1 aromatic carbocycles. The molecule has 0 bridgehead atoms. The van der Waals surface area contributed by atoms with Gasteiger partial charge in [-0.05, 0) is 24.3 Å². The van der Waals surface area contributed by atoms with Crippen molar-refractivity contribution in [2.45, 2.75) is 0 Å². The minimum Gasteiger partial charge on any atom is -0.497 e. The van der Waals surface area contributed by atoms with Crippen LogP contribution in [0, 0.1) is 0 Å². The van der Waals surface area contributed by atoms with Crippen LogP contribution in [0.2, 0.25) is 0 Å². The van der Waals surface area contributed by atoms with Gasteiger partial charge in [0.2, 0.25) is 0 Å². The molecule has 0 saturated carbocycles. The monoisotopic (exact) mass is 301 g/mol. The third-order valence-corrected chi connectivity index (χ3v) is 3.13. The summed E-state index contributed by atoms with van der Waals surface area (Å²) in [5, 5.41) is 0. The van der Waals surface area contributed by atoms with Gasteiger partial charge >= 0.3 is 5.97 Å². The van der Waals surface area contributed by atoms with Gasteiger partial charge in [0.1, 0.15) is 17.2 Å². The number of hydrogen-bond donors (Lipinski definition) is 0. The van der Waals surface area contributed by atoms with Crippen LogP contribution in [-0.4, -0.2) is 38.6 Å². The van der Waals surface area contributed by atoms with Crippen LogP contribution >= 0.6 is 0 Å². The molecule has 6 nitrogen and oxygen atoms in total. The zero-order valence-electron chi connectivity index (χ0n) is 12.5. The van der Waals surface area contributed by atoms with Crippen LogP contribution in [0.3, 0.4) is 0 Å². The molecule has 0 radical (unpaired) electrons. The Bertz CT molecular complexity index is 712. The average Bonchev–Trinajstić information content (AvgIpc) is 2.59. The highest BCUT2D eigenvalue weighted by Gasteiger charge is 2.16. The van der Waals surface area contributed by atoms with Crippen molar-refractivity contribution >= 4 is 12.3 Å². The summed E-state index contributed by atoms with van der Waals surface area (Å²) in [4.78, 5) is 27.0. The summed E-state index contributed by atoms with van der Waals surface area (Å²) < 4.78 is 15.1. The number of benzene rings is 1. The largest absolute Gasteiger partial charge is 0.497 e. The predicted octanol–water partition coefficient (Wildman–Crippen LogP) is 2.36. The summed E-state index contributed by atoms with van der Waals surface area (Å²) >= 11 is 0. The molecule has 0 fully saturated rings. The van der Waals surface area contributed by atoms with Crippen LogP contribution in [0.5, 0.6) is 11.5 Å². The maximum Gasteiger partial charge on any atom is 0.340 e. The van der Waals surface area contributed by atoms with E-state index in [2.05, 4.69) is 9.72 Å². The maximum absolute atomic E-state index is 11.6. The van der Waals surface area contributed by atoms with Gasteiger partial charge in [-0.3, -0.25) is 4.79 Å². The lowest BCUT2D eigenvalue weighted by molar-refractivity contribution is 0.0597. The molecule has 2 rings (SSSR count). The Morgan fingerprint density at radius 2 is 1.86 bits per heavy atom. The zero-order valence-corrected chi connectivity index (χ0v) is 12.5. The molecule has 22 heavy (non-hydrogen) atoms. The molecule has 2 aromatic rings. The smallest absolute Gasteiger partial charge is 0.340 e. The molecule has 0 atom stereocenters. The van der Waals surface area contributed by atoms with Crippen molar-refractivity contribution < 1.29 is 23.8 Å². The summed E-state index contributed by atoms with van der Waals surface area (Å²) in [6, 6.07) is 8.37. The molecule has 0 unspecified atom stereocenters. The number of pyridine rings is 1. The van der Waals surface area contributed by atoms with E-state index in [0.29, 0.717) is 29.0 Å². The highest BCUT2D eigenvalue weighted by atomic mass is 16.5. The van der Waals surface area contributed by atoms with Crippen LogP contribution in [0.1, 0.15) is 20.8 Å². The molecular formula is C16H15NO5. The van der Waals surface area contributed by atoms with E-state index in [-0.39, 0.29) is 11.3 Å². The summed E-state index contributed by atoms with van der Waals surface area (Å²) in [7, 11) is 4.33. The van der Waals surface area contributed by atoms with Gasteiger partial charge in [-0.1, -0.05) is 0 Å². The second-order valence-electron chi connectivity index (χ2n) is 4.30. The number of esters is 1. The minimum absolute atomic E-state index is 0.0159. The lowest BCUT2D eigenvalue weighted by Crippen LogP contribution is -2.07. The highest BCUT2D eigenvalue weighted by Crippen LogP contribution is 2.32. The van der Waals surface area contributed by atoms with E-state index < -0.39 is 5.97 Å². The van der Waals surface area contributed by atoms with Crippen LogP contribution in [0.4, 0.5) is 0 Å². The molecule has 0 amide bonds. The Morgan fingerprint density at radius 1 is 1.09 bits per heavy atom. The summed E-state index contributed by atoms with van der Waals surface area (Å²) in [5.74, 6) is 0.583. The second kappa shape index (κ2) is 6.71. The van der Waals surface area contributed by atoms with E-state index in [9.17, 15) is 9.59 Å². The Morgan fingerprint density at radius 3 is 2.45 bits per heavy atom. The molecule has 0 spiro atoms. The Labute approximate surface area is 127 Å². The third-order valence-electron chi connectivity index (χ3n) is 3.13. The van der Waals surface area contributed by atoms with E-state index in [0.717, 1.165) is 0 Å². The topological polar surface area (TPSA) is 74.7 Å². The molecule has 114 valence electrons. The fourth-order valence-electron chi connectivity index (χ4n) is 2.01.